The van der Waals surface area contributed by atoms with Gasteiger partial charge in [-0.15, -0.1) is 0 Å². The number of carbonyl (C=O) groups excluding carboxylic acids is 1. The number of anilines is 1. The zero-order valence-corrected chi connectivity index (χ0v) is 9.91. The van der Waals surface area contributed by atoms with Crippen LogP contribution in [0.5, 0.6) is 5.75 Å². The maximum absolute atomic E-state index is 11.5. The van der Waals surface area contributed by atoms with Crippen molar-refractivity contribution in [3.63, 3.8) is 0 Å². The first-order valence-corrected chi connectivity index (χ1v) is 5.67. The summed E-state index contributed by atoms with van der Waals surface area (Å²) in [4.78, 5) is 11.5. The van der Waals surface area contributed by atoms with E-state index in [-0.39, 0.29) is 12.0 Å². The first-order valence-electron chi connectivity index (χ1n) is 5.67. The quantitative estimate of drug-likeness (QED) is 0.788. The van der Waals surface area contributed by atoms with E-state index in [9.17, 15) is 4.79 Å². The van der Waals surface area contributed by atoms with Crippen molar-refractivity contribution in [3.8, 4) is 5.75 Å². The zero-order chi connectivity index (χ0) is 11.7. The van der Waals surface area contributed by atoms with Crippen LogP contribution in [0.25, 0.3) is 0 Å². The molecule has 0 aromatic heterocycles. The van der Waals surface area contributed by atoms with Crippen LogP contribution in [-0.4, -0.2) is 12.0 Å². The highest BCUT2D eigenvalue weighted by molar-refractivity contribution is 5.93. The number of hydrogen-bond acceptors (Lipinski definition) is 2. The number of nitrogens with one attached hydrogen (secondary N) is 1. The molecule has 1 aromatic rings. The molecule has 1 aromatic carbocycles. The predicted molar refractivity (Wildman–Crippen MR) is 63.9 cm³/mol. The van der Waals surface area contributed by atoms with E-state index in [1.54, 1.807) is 0 Å². The summed E-state index contributed by atoms with van der Waals surface area (Å²) < 4.78 is 5.84. The summed E-state index contributed by atoms with van der Waals surface area (Å²) in [5, 5.41) is 2.88. The number of fused-ring (bicyclic) bond motifs is 1. The third-order valence-electron chi connectivity index (χ3n) is 2.73. The SMILES string of the molecule is CC1CC(=O)Nc2cccc(C(C)C)c2O1. The van der Waals surface area contributed by atoms with E-state index in [0.717, 1.165) is 17.0 Å². The Balaban J connectivity index is 2.48. The molecule has 0 bridgehead atoms. The first-order chi connectivity index (χ1) is 7.58. The first kappa shape index (κ1) is 11.0. The van der Waals surface area contributed by atoms with Gasteiger partial charge >= 0.3 is 0 Å². The van der Waals surface area contributed by atoms with Crippen LogP contribution in [0, 0.1) is 0 Å². The van der Waals surface area contributed by atoms with Crippen molar-refractivity contribution in [2.24, 2.45) is 0 Å². The fourth-order valence-corrected chi connectivity index (χ4v) is 1.94. The number of benzene rings is 1. The van der Waals surface area contributed by atoms with Crippen molar-refractivity contribution >= 4 is 11.6 Å². The summed E-state index contributed by atoms with van der Waals surface area (Å²) >= 11 is 0. The standard InChI is InChI=1S/C13H17NO2/c1-8(2)10-5-4-6-11-13(10)16-9(3)7-12(15)14-11/h4-6,8-9H,7H2,1-3H3,(H,14,15). The topological polar surface area (TPSA) is 38.3 Å². The molecule has 0 fully saturated rings. The molecule has 0 aliphatic carbocycles. The molecule has 3 nitrogen and oxygen atoms in total. The molecule has 3 heteroatoms. The van der Waals surface area contributed by atoms with Gasteiger partial charge in [0.05, 0.1) is 12.1 Å². The normalized spacial score (nSPS) is 19.8. The lowest BCUT2D eigenvalue weighted by Crippen LogP contribution is -2.17. The van der Waals surface area contributed by atoms with Gasteiger partial charge in [-0.25, -0.2) is 0 Å². The third kappa shape index (κ3) is 2.03. The van der Waals surface area contributed by atoms with E-state index in [0.29, 0.717) is 12.3 Å². The number of hydrogen-bond donors (Lipinski definition) is 1. The van der Waals surface area contributed by atoms with Gasteiger partial charge in [-0.3, -0.25) is 4.79 Å². The number of amides is 1. The van der Waals surface area contributed by atoms with Gasteiger partial charge in [0.15, 0.2) is 0 Å². The van der Waals surface area contributed by atoms with E-state index in [1.165, 1.54) is 0 Å². The maximum Gasteiger partial charge on any atom is 0.228 e. The van der Waals surface area contributed by atoms with Crippen molar-refractivity contribution < 1.29 is 9.53 Å². The highest BCUT2D eigenvalue weighted by Crippen LogP contribution is 2.36. The van der Waals surface area contributed by atoms with E-state index < -0.39 is 0 Å². The second kappa shape index (κ2) is 4.16. The summed E-state index contributed by atoms with van der Waals surface area (Å²) in [6, 6.07) is 5.89. The van der Waals surface area contributed by atoms with Crippen LogP contribution in [-0.2, 0) is 4.79 Å². The molecule has 2 rings (SSSR count). The molecule has 0 radical (unpaired) electrons. The van der Waals surface area contributed by atoms with Crippen molar-refractivity contribution in [1.29, 1.82) is 0 Å². The largest absolute Gasteiger partial charge is 0.488 e. The molecule has 1 unspecified atom stereocenters. The number of carbonyl (C=O) groups is 1. The van der Waals surface area contributed by atoms with Crippen molar-refractivity contribution in [2.75, 3.05) is 5.32 Å². The van der Waals surface area contributed by atoms with Gasteiger partial charge in [-0.05, 0) is 24.5 Å². The van der Waals surface area contributed by atoms with Gasteiger partial charge in [-0.1, -0.05) is 26.0 Å². The number of rotatable bonds is 1. The van der Waals surface area contributed by atoms with Gasteiger partial charge in [-0.2, -0.15) is 0 Å². The van der Waals surface area contributed by atoms with Crippen LogP contribution >= 0.6 is 0 Å². The zero-order valence-electron chi connectivity index (χ0n) is 9.91. The van der Waals surface area contributed by atoms with Crippen LogP contribution in [0.4, 0.5) is 5.69 Å². The lowest BCUT2D eigenvalue weighted by Gasteiger charge is -2.17. The molecule has 1 atom stereocenters. The highest BCUT2D eigenvalue weighted by atomic mass is 16.5. The Hall–Kier alpha value is -1.51. The third-order valence-corrected chi connectivity index (χ3v) is 2.73. The van der Waals surface area contributed by atoms with Crippen molar-refractivity contribution in [2.45, 2.75) is 39.2 Å². The van der Waals surface area contributed by atoms with Crippen molar-refractivity contribution in [3.05, 3.63) is 23.8 Å². The minimum Gasteiger partial charge on any atom is -0.488 e. The van der Waals surface area contributed by atoms with Crippen LogP contribution < -0.4 is 10.1 Å². The molecule has 1 heterocycles. The van der Waals surface area contributed by atoms with Crippen LogP contribution in [0.3, 0.4) is 0 Å². The van der Waals surface area contributed by atoms with Gasteiger partial charge in [0.2, 0.25) is 5.91 Å². The minimum absolute atomic E-state index is 0.0205. The second-order valence-electron chi connectivity index (χ2n) is 4.56. The molecule has 86 valence electrons. The summed E-state index contributed by atoms with van der Waals surface area (Å²) in [5.41, 5.74) is 1.94. The Labute approximate surface area is 95.8 Å². The van der Waals surface area contributed by atoms with Gasteiger partial charge in [0.1, 0.15) is 11.9 Å². The minimum atomic E-state index is -0.0684. The monoisotopic (exact) mass is 219 g/mol. The number of para-hydroxylation sites is 1. The second-order valence-corrected chi connectivity index (χ2v) is 4.56. The predicted octanol–water partition coefficient (Wildman–Crippen LogP) is 2.92. The maximum atomic E-state index is 11.5. The van der Waals surface area contributed by atoms with E-state index in [4.69, 9.17) is 4.74 Å². The molecule has 0 saturated carbocycles. The molecule has 16 heavy (non-hydrogen) atoms. The van der Waals surface area contributed by atoms with Crippen LogP contribution in [0.2, 0.25) is 0 Å². The Morgan fingerprint density at radius 2 is 2.19 bits per heavy atom. The van der Waals surface area contributed by atoms with E-state index >= 15 is 0 Å². The summed E-state index contributed by atoms with van der Waals surface area (Å²) in [6.07, 6.45) is 0.341. The van der Waals surface area contributed by atoms with Gasteiger partial charge in [0.25, 0.3) is 0 Å². The molecule has 1 N–H and O–H groups in total. The Bertz CT molecular complexity index is 412. The number of ether oxygens (including phenoxy) is 1. The van der Waals surface area contributed by atoms with Gasteiger partial charge in [0, 0.05) is 0 Å². The molecule has 1 aliphatic heterocycles. The average molecular weight is 219 g/mol. The molecular weight excluding hydrogens is 202 g/mol. The van der Waals surface area contributed by atoms with Gasteiger partial charge < -0.3 is 10.1 Å². The lowest BCUT2D eigenvalue weighted by atomic mass is 10.0. The average Bonchev–Trinajstić information content (AvgIpc) is 2.33. The van der Waals surface area contributed by atoms with Crippen molar-refractivity contribution in [1.82, 2.24) is 0 Å². The van der Waals surface area contributed by atoms with Crippen LogP contribution in [0.1, 0.15) is 38.7 Å². The highest BCUT2D eigenvalue weighted by Gasteiger charge is 2.22. The molecular formula is C13H17NO2. The molecule has 0 saturated heterocycles. The fourth-order valence-electron chi connectivity index (χ4n) is 1.94. The summed E-state index contributed by atoms with van der Waals surface area (Å²) in [7, 11) is 0. The summed E-state index contributed by atoms with van der Waals surface area (Å²) in [6.45, 7) is 6.17. The summed E-state index contributed by atoms with van der Waals surface area (Å²) in [5.74, 6) is 1.24. The fraction of sp³-hybridized carbons (Fsp3) is 0.462. The van der Waals surface area contributed by atoms with Crippen LogP contribution in [0.15, 0.2) is 18.2 Å². The lowest BCUT2D eigenvalue weighted by molar-refractivity contribution is -0.117. The molecule has 1 aliphatic rings. The Kier molecular flexibility index (Phi) is 2.86. The Morgan fingerprint density at radius 3 is 2.88 bits per heavy atom. The molecule has 0 spiro atoms. The molecule has 1 amide bonds. The van der Waals surface area contributed by atoms with E-state index in [1.807, 2.05) is 25.1 Å². The van der Waals surface area contributed by atoms with E-state index in [2.05, 4.69) is 19.2 Å². The Morgan fingerprint density at radius 1 is 1.44 bits per heavy atom. The smallest absolute Gasteiger partial charge is 0.228 e.